The van der Waals surface area contributed by atoms with Crippen LogP contribution in [0.4, 0.5) is 26.3 Å². The van der Waals surface area contributed by atoms with Crippen LogP contribution in [0.25, 0.3) is 0 Å². The van der Waals surface area contributed by atoms with E-state index in [-0.39, 0.29) is 21.4 Å². The third-order valence-corrected chi connectivity index (χ3v) is 28.8. The molecule has 8 rings (SSSR count). The first-order valence-corrected chi connectivity index (χ1v) is 32.9. The molecular weight excluding hydrogens is 1670 g/mol. The SMILES string of the molecule is Fc1c(I)c(F)c(I)c(F)c1I.Fc1c(I)c(F)c(I)c(F)c1I.[Se]=P(c1ccccc1)(c1ccccc1)c1ccccc1.[Se]=P(c1ccccc1)(c1ccccc1)c1ccccc1. The minimum atomic E-state index is -1.65. The van der Waals surface area contributed by atoms with Crippen molar-refractivity contribution in [3.63, 3.8) is 0 Å². The summed E-state index contributed by atoms with van der Waals surface area (Å²) in [6, 6.07) is 64.6. The first kappa shape index (κ1) is 54.6. The molecule has 0 heterocycles. The van der Waals surface area contributed by atoms with Crippen molar-refractivity contribution < 1.29 is 26.3 Å². The summed E-state index contributed by atoms with van der Waals surface area (Å²) in [4.78, 5) is 0. The van der Waals surface area contributed by atoms with Crippen LogP contribution in [0.1, 0.15) is 0 Å². The molecule has 0 radical (unpaired) electrons. The average Bonchev–Trinajstić information content (AvgIpc) is 3.36. The van der Waals surface area contributed by atoms with Gasteiger partial charge in [-0.1, -0.05) is 0 Å². The van der Waals surface area contributed by atoms with E-state index < -0.39 is 45.9 Å². The number of benzene rings is 8. The second-order valence-electron chi connectivity index (χ2n) is 13.0. The average molecular weight is 1700 g/mol. The molecule has 0 bridgehead atoms. The van der Waals surface area contributed by atoms with Crippen molar-refractivity contribution in [3.05, 3.63) is 238 Å². The third kappa shape index (κ3) is 13.1. The van der Waals surface area contributed by atoms with Crippen molar-refractivity contribution >= 4 is 209 Å². The molecule has 328 valence electrons. The molecule has 0 fully saturated rings. The Morgan fingerprint density at radius 3 is 0.453 bits per heavy atom. The van der Waals surface area contributed by atoms with Crippen LogP contribution in [0.15, 0.2) is 182 Å². The van der Waals surface area contributed by atoms with Crippen LogP contribution in [-0.4, -0.2) is 30.2 Å². The van der Waals surface area contributed by atoms with Crippen LogP contribution in [-0.2, 0) is 0 Å². The van der Waals surface area contributed by atoms with E-state index in [0.29, 0.717) is 0 Å². The minimum absolute atomic E-state index is 0.164. The molecule has 0 aliphatic carbocycles. The molecule has 8 aromatic carbocycles. The quantitative estimate of drug-likeness (QED) is 0.0389. The van der Waals surface area contributed by atoms with Crippen molar-refractivity contribution in [1.82, 2.24) is 0 Å². The van der Waals surface area contributed by atoms with Gasteiger partial charge >= 0.3 is 255 Å². The van der Waals surface area contributed by atoms with Crippen LogP contribution in [0.2, 0.25) is 0 Å². The fraction of sp³-hybridized carbons (Fsp3) is 0. The zero-order chi connectivity index (χ0) is 46.6. The number of halogens is 12. The zero-order valence-electron chi connectivity index (χ0n) is 32.6. The van der Waals surface area contributed by atoms with Gasteiger partial charge in [0.1, 0.15) is 0 Å². The van der Waals surface area contributed by atoms with Gasteiger partial charge in [0.15, 0.2) is 34.9 Å². The Kier molecular flexibility index (Phi) is 22.2. The number of rotatable bonds is 6. The Morgan fingerprint density at radius 1 is 0.234 bits per heavy atom. The van der Waals surface area contributed by atoms with E-state index in [1.165, 1.54) is 167 Å². The molecular formula is C48H30F6I6P2Se2. The van der Waals surface area contributed by atoms with Crippen molar-refractivity contribution in [1.29, 1.82) is 0 Å². The summed E-state index contributed by atoms with van der Waals surface area (Å²) in [6.45, 7) is 0. The Balaban J connectivity index is 0.000000166. The van der Waals surface area contributed by atoms with Crippen molar-refractivity contribution in [2.24, 2.45) is 0 Å². The predicted octanol–water partition coefficient (Wildman–Crippen LogP) is 14.0. The Morgan fingerprint density at radius 2 is 0.344 bits per heavy atom. The molecule has 0 nitrogen and oxygen atoms in total. The molecule has 0 aliphatic heterocycles. The number of hydrogen-bond acceptors (Lipinski definition) is 0. The standard InChI is InChI=1S/2C18H15PSe.2C6F3I3/c2*20-19(16-10-4-1-5-11-16,17-12-6-2-7-13-17)18-14-8-3-9-15-18;2*7-1-4(10)2(8)6(12)3(9)5(1)11/h2*1-15H;;. The molecule has 0 saturated carbocycles. The van der Waals surface area contributed by atoms with Crippen LogP contribution in [0.3, 0.4) is 0 Å². The second kappa shape index (κ2) is 26.0. The molecule has 8 aromatic rings. The first-order chi connectivity index (χ1) is 30.6. The number of hydrogen-bond donors (Lipinski definition) is 0. The Hall–Kier alpha value is -0.381. The van der Waals surface area contributed by atoms with Crippen LogP contribution in [0, 0.1) is 56.3 Å². The van der Waals surface area contributed by atoms with E-state index in [4.69, 9.17) is 0 Å². The van der Waals surface area contributed by atoms with E-state index >= 15 is 0 Å². The van der Waals surface area contributed by atoms with E-state index in [2.05, 4.69) is 212 Å². The van der Waals surface area contributed by atoms with E-state index in [9.17, 15) is 26.3 Å². The molecule has 0 spiro atoms. The first-order valence-electron chi connectivity index (χ1n) is 18.4. The van der Waals surface area contributed by atoms with Gasteiger partial charge < -0.3 is 0 Å². The van der Waals surface area contributed by atoms with Gasteiger partial charge in [0, 0.05) is 0 Å². The Bertz CT molecular complexity index is 2290. The topological polar surface area (TPSA) is 0 Å². The molecule has 64 heavy (non-hydrogen) atoms. The van der Waals surface area contributed by atoms with Crippen molar-refractivity contribution in [3.8, 4) is 0 Å². The molecule has 0 saturated heterocycles. The zero-order valence-corrected chi connectivity index (χ0v) is 50.7. The summed E-state index contributed by atoms with van der Waals surface area (Å²) in [5.74, 6) is -4.96. The summed E-state index contributed by atoms with van der Waals surface area (Å²) in [5, 5.41) is 8.24. The fourth-order valence-electron chi connectivity index (χ4n) is 5.88. The van der Waals surface area contributed by atoms with Crippen molar-refractivity contribution in [2.45, 2.75) is 0 Å². The van der Waals surface area contributed by atoms with Gasteiger partial charge in [0.25, 0.3) is 0 Å². The monoisotopic (exact) mass is 1700 g/mol. The van der Waals surface area contributed by atoms with Crippen LogP contribution < -0.4 is 31.8 Å². The van der Waals surface area contributed by atoms with Gasteiger partial charge in [-0.3, -0.25) is 0 Å². The van der Waals surface area contributed by atoms with Gasteiger partial charge in [-0.05, 0) is 136 Å². The van der Waals surface area contributed by atoms with Gasteiger partial charge in [0.05, 0.1) is 21.4 Å². The summed E-state index contributed by atoms with van der Waals surface area (Å²) in [6.07, 6.45) is 0. The molecule has 0 aromatic heterocycles. The second-order valence-corrected chi connectivity index (χ2v) is 31.9. The molecule has 0 unspecified atom stereocenters. The maximum absolute atomic E-state index is 12.9. The van der Waals surface area contributed by atoms with E-state index in [0.717, 1.165) is 0 Å². The van der Waals surface area contributed by atoms with Crippen LogP contribution in [0.5, 0.6) is 0 Å². The maximum atomic E-state index is 12.9. The summed E-state index contributed by atoms with van der Waals surface area (Å²) in [7, 11) is 0. The summed E-state index contributed by atoms with van der Waals surface area (Å²) < 4.78 is 76.6. The van der Waals surface area contributed by atoms with E-state index in [1.807, 2.05) is 0 Å². The van der Waals surface area contributed by atoms with Gasteiger partial charge in [-0.15, -0.1) is 0 Å². The Labute approximate surface area is 466 Å². The van der Waals surface area contributed by atoms with Gasteiger partial charge in [-0.25, -0.2) is 26.3 Å². The van der Waals surface area contributed by atoms with Crippen molar-refractivity contribution in [2.75, 3.05) is 0 Å². The van der Waals surface area contributed by atoms with Crippen LogP contribution >= 0.6 is 147 Å². The van der Waals surface area contributed by atoms with Gasteiger partial charge in [0.2, 0.25) is 0 Å². The fourth-order valence-corrected chi connectivity index (χ4v) is 22.1. The third-order valence-electron chi connectivity index (χ3n) is 9.03. The molecule has 0 N–H and O–H groups in total. The molecule has 16 heteroatoms. The normalized spacial score (nSPS) is 10.9. The summed E-state index contributed by atoms with van der Waals surface area (Å²) in [5.41, 5.74) is -3.30. The van der Waals surface area contributed by atoms with E-state index in [1.54, 1.807) is 0 Å². The molecule has 0 atom stereocenters. The molecule has 0 amide bonds. The molecule has 0 aliphatic rings. The summed E-state index contributed by atoms with van der Waals surface area (Å²) >= 11 is 16.2. The van der Waals surface area contributed by atoms with Gasteiger partial charge in [-0.2, -0.15) is 0 Å². The predicted molar refractivity (Wildman–Crippen MR) is 311 cm³/mol.